The van der Waals surface area contributed by atoms with Crippen LogP contribution < -0.4 is 5.32 Å². The van der Waals surface area contributed by atoms with E-state index in [0.29, 0.717) is 13.0 Å². The number of esters is 2. The van der Waals surface area contributed by atoms with Gasteiger partial charge in [0.05, 0.1) is 26.1 Å². The van der Waals surface area contributed by atoms with Gasteiger partial charge in [0.2, 0.25) is 0 Å². The zero-order valence-corrected chi connectivity index (χ0v) is 8.41. The third kappa shape index (κ3) is 2.23. The Morgan fingerprint density at radius 3 is 2.29 bits per heavy atom. The van der Waals surface area contributed by atoms with E-state index in [4.69, 9.17) is 0 Å². The summed E-state index contributed by atoms with van der Waals surface area (Å²) >= 11 is 0. The Labute approximate surface area is 82.8 Å². The van der Waals surface area contributed by atoms with Crippen LogP contribution in [0, 0.1) is 11.8 Å². The number of carbonyl (C=O) groups is 2. The lowest BCUT2D eigenvalue weighted by Crippen LogP contribution is -2.44. The minimum Gasteiger partial charge on any atom is -0.469 e. The molecular weight excluding hydrogens is 186 g/mol. The van der Waals surface area contributed by atoms with Gasteiger partial charge in [0.25, 0.3) is 0 Å². The summed E-state index contributed by atoms with van der Waals surface area (Å²) in [7, 11) is 2.66. The van der Waals surface area contributed by atoms with Crippen LogP contribution in [0.1, 0.15) is 6.42 Å². The summed E-state index contributed by atoms with van der Waals surface area (Å²) in [6.07, 6.45) is 0.618. The first-order valence-corrected chi connectivity index (χ1v) is 4.57. The number of hydrogen-bond acceptors (Lipinski definition) is 5. The number of ether oxygens (including phenoxy) is 2. The molecule has 2 atom stereocenters. The van der Waals surface area contributed by atoms with E-state index in [1.807, 2.05) is 0 Å². The highest BCUT2D eigenvalue weighted by molar-refractivity contribution is 5.82. The van der Waals surface area contributed by atoms with Gasteiger partial charge in [-0.15, -0.1) is 0 Å². The van der Waals surface area contributed by atoms with Crippen molar-refractivity contribution in [2.24, 2.45) is 11.8 Å². The van der Waals surface area contributed by atoms with E-state index in [2.05, 4.69) is 14.8 Å². The van der Waals surface area contributed by atoms with E-state index >= 15 is 0 Å². The summed E-state index contributed by atoms with van der Waals surface area (Å²) in [6.45, 7) is 1.21. The molecule has 1 heterocycles. The minimum atomic E-state index is -0.416. The molecule has 0 spiro atoms. The molecule has 0 aromatic rings. The van der Waals surface area contributed by atoms with Crippen molar-refractivity contribution in [3.05, 3.63) is 0 Å². The molecule has 0 unspecified atom stereocenters. The maximum Gasteiger partial charge on any atom is 0.310 e. The number of rotatable bonds is 2. The van der Waals surface area contributed by atoms with Crippen molar-refractivity contribution in [3.63, 3.8) is 0 Å². The fourth-order valence-electron chi connectivity index (χ4n) is 1.69. The standard InChI is InChI=1S/C9H15NO4/c1-13-8(11)6-3-4-10-5-7(6)9(12)14-2/h6-7,10H,3-5H2,1-2H3/t6-,7-/m1/s1. The largest absolute Gasteiger partial charge is 0.469 e. The average Bonchev–Trinajstić information content (AvgIpc) is 2.27. The molecule has 80 valence electrons. The molecule has 0 aromatic carbocycles. The fourth-order valence-corrected chi connectivity index (χ4v) is 1.69. The van der Waals surface area contributed by atoms with Crippen LogP contribution in [0.2, 0.25) is 0 Å². The number of hydrogen-bond donors (Lipinski definition) is 1. The molecule has 1 saturated heterocycles. The number of carbonyl (C=O) groups excluding carboxylic acids is 2. The molecule has 0 bridgehead atoms. The fraction of sp³-hybridized carbons (Fsp3) is 0.778. The summed E-state index contributed by atoms with van der Waals surface area (Å²) in [5.74, 6) is -1.47. The van der Waals surface area contributed by atoms with Crippen LogP contribution in [0.25, 0.3) is 0 Å². The predicted molar refractivity (Wildman–Crippen MR) is 48.5 cm³/mol. The van der Waals surface area contributed by atoms with Gasteiger partial charge >= 0.3 is 11.9 Å². The lowest BCUT2D eigenvalue weighted by Gasteiger charge is -2.27. The van der Waals surface area contributed by atoms with Gasteiger partial charge in [0.15, 0.2) is 0 Å². The second kappa shape index (κ2) is 4.95. The van der Waals surface area contributed by atoms with Crippen molar-refractivity contribution in [2.75, 3.05) is 27.3 Å². The predicted octanol–water partition coefficient (Wildman–Crippen LogP) is -0.442. The van der Waals surface area contributed by atoms with E-state index in [9.17, 15) is 9.59 Å². The van der Waals surface area contributed by atoms with Crippen molar-refractivity contribution in [2.45, 2.75) is 6.42 Å². The number of nitrogens with one attached hydrogen (secondary N) is 1. The van der Waals surface area contributed by atoms with Crippen LogP contribution >= 0.6 is 0 Å². The lowest BCUT2D eigenvalue weighted by molar-refractivity contribution is -0.158. The maximum atomic E-state index is 11.3. The van der Waals surface area contributed by atoms with Gasteiger partial charge in [-0.25, -0.2) is 0 Å². The highest BCUT2D eigenvalue weighted by atomic mass is 16.5. The normalized spacial score (nSPS) is 26.7. The molecule has 1 aliphatic rings. The van der Waals surface area contributed by atoms with E-state index in [1.165, 1.54) is 14.2 Å². The van der Waals surface area contributed by atoms with Gasteiger partial charge in [-0.1, -0.05) is 0 Å². The topological polar surface area (TPSA) is 64.6 Å². The molecule has 0 amide bonds. The summed E-state index contributed by atoms with van der Waals surface area (Å²) in [6, 6.07) is 0. The quantitative estimate of drug-likeness (QED) is 0.613. The highest BCUT2D eigenvalue weighted by Crippen LogP contribution is 2.21. The lowest BCUT2D eigenvalue weighted by atomic mass is 9.86. The van der Waals surface area contributed by atoms with Crippen LogP contribution in [0.15, 0.2) is 0 Å². The van der Waals surface area contributed by atoms with Gasteiger partial charge < -0.3 is 14.8 Å². The van der Waals surface area contributed by atoms with Crippen molar-refractivity contribution in [1.29, 1.82) is 0 Å². The van der Waals surface area contributed by atoms with Gasteiger partial charge in [-0.3, -0.25) is 9.59 Å². The molecule has 1 rings (SSSR count). The number of piperidine rings is 1. The van der Waals surface area contributed by atoms with Crippen LogP contribution in [0.5, 0.6) is 0 Å². The molecule has 1 aliphatic heterocycles. The van der Waals surface area contributed by atoms with Gasteiger partial charge in [0.1, 0.15) is 0 Å². The SMILES string of the molecule is COC(=O)[C@@H]1CCNC[C@H]1C(=O)OC. The molecule has 0 saturated carbocycles. The Bertz CT molecular complexity index is 205. The van der Waals surface area contributed by atoms with Gasteiger partial charge in [0, 0.05) is 6.54 Å². The smallest absolute Gasteiger partial charge is 0.310 e. The Hall–Kier alpha value is -1.10. The minimum absolute atomic E-state index is 0.332. The molecule has 0 aliphatic carbocycles. The Morgan fingerprint density at radius 1 is 1.14 bits per heavy atom. The molecular formula is C9H15NO4. The van der Waals surface area contributed by atoms with Crippen molar-refractivity contribution in [1.82, 2.24) is 5.32 Å². The van der Waals surface area contributed by atoms with Crippen LogP contribution in [0.4, 0.5) is 0 Å². The molecule has 1 fully saturated rings. The summed E-state index contributed by atoms with van der Waals surface area (Å²) in [4.78, 5) is 22.7. The van der Waals surface area contributed by atoms with Crippen LogP contribution in [0.3, 0.4) is 0 Å². The van der Waals surface area contributed by atoms with Crippen molar-refractivity contribution >= 4 is 11.9 Å². The second-order valence-electron chi connectivity index (χ2n) is 3.25. The zero-order chi connectivity index (χ0) is 10.6. The van der Waals surface area contributed by atoms with Gasteiger partial charge in [-0.2, -0.15) is 0 Å². The third-order valence-corrected chi connectivity index (χ3v) is 2.49. The van der Waals surface area contributed by atoms with Gasteiger partial charge in [-0.05, 0) is 13.0 Å². The second-order valence-corrected chi connectivity index (χ2v) is 3.25. The first kappa shape index (κ1) is 11.0. The Morgan fingerprint density at radius 2 is 1.71 bits per heavy atom. The molecule has 0 radical (unpaired) electrons. The van der Waals surface area contributed by atoms with Crippen LogP contribution in [-0.2, 0) is 19.1 Å². The third-order valence-electron chi connectivity index (χ3n) is 2.49. The molecule has 5 heteroatoms. The summed E-state index contributed by atoms with van der Waals surface area (Å²) in [5, 5.41) is 3.05. The van der Waals surface area contributed by atoms with Crippen molar-refractivity contribution < 1.29 is 19.1 Å². The molecule has 5 nitrogen and oxygen atoms in total. The maximum absolute atomic E-state index is 11.3. The number of methoxy groups -OCH3 is 2. The molecule has 14 heavy (non-hydrogen) atoms. The molecule has 1 N–H and O–H groups in total. The van der Waals surface area contributed by atoms with E-state index in [0.717, 1.165) is 6.54 Å². The Balaban J connectivity index is 2.68. The zero-order valence-electron chi connectivity index (χ0n) is 8.41. The monoisotopic (exact) mass is 201 g/mol. The van der Waals surface area contributed by atoms with E-state index in [1.54, 1.807) is 0 Å². The summed E-state index contributed by atoms with van der Waals surface area (Å²) < 4.78 is 9.27. The summed E-state index contributed by atoms with van der Waals surface area (Å²) in [5.41, 5.74) is 0. The van der Waals surface area contributed by atoms with Crippen LogP contribution in [-0.4, -0.2) is 39.2 Å². The first-order valence-electron chi connectivity index (χ1n) is 4.57. The highest BCUT2D eigenvalue weighted by Gasteiger charge is 2.37. The van der Waals surface area contributed by atoms with E-state index < -0.39 is 5.92 Å². The average molecular weight is 201 g/mol. The van der Waals surface area contributed by atoms with Crippen molar-refractivity contribution in [3.8, 4) is 0 Å². The van der Waals surface area contributed by atoms with E-state index in [-0.39, 0.29) is 17.9 Å². The Kier molecular flexibility index (Phi) is 3.88. The molecule has 0 aromatic heterocycles. The first-order chi connectivity index (χ1) is 6.70.